The highest BCUT2D eigenvalue weighted by Crippen LogP contribution is 2.18. The second-order valence-corrected chi connectivity index (χ2v) is 9.09. The third kappa shape index (κ3) is 23.9. The van der Waals surface area contributed by atoms with E-state index in [2.05, 4.69) is 26.1 Å². The van der Waals surface area contributed by atoms with E-state index >= 15 is 0 Å². The maximum atomic E-state index is 3.55. The lowest BCUT2D eigenvalue weighted by molar-refractivity contribution is 0.430. The number of rotatable bonds is 23. The highest BCUT2D eigenvalue weighted by atomic mass is 14.8. The average molecular weight is 382 g/mol. The summed E-state index contributed by atoms with van der Waals surface area (Å²) < 4.78 is 0. The summed E-state index contributed by atoms with van der Waals surface area (Å²) in [6, 6.07) is 0. The van der Waals surface area contributed by atoms with Gasteiger partial charge in [-0.2, -0.15) is 0 Å². The molecule has 1 N–H and O–H groups in total. The van der Waals surface area contributed by atoms with Crippen LogP contribution in [0.1, 0.15) is 149 Å². The molecular weight excluding hydrogens is 326 g/mol. The van der Waals surface area contributed by atoms with Crippen LogP contribution in [0.5, 0.6) is 0 Å². The molecule has 164 valence electrons. The lowest BCUT2D eigenvalue weighted by Crippen LogP contribution is -2.16. The van der Waals surface area contributed by atoms with Crippen LogP contribution < -0.4 is 5.32 Å². The molecule has 0 amide bonds. The molecule has 1 heteroatoms. The Labute approximate surface area is 173 Å². The molecule has 0 spiro atoms. The molecule has 0 aliphatic carbocycles. The lowest BCUT2D eigenvalue weighted by atomic mass is 9.96. The van der Waals surface area contributed by atoms with Crippen molar-refractivity contribution in [1.82, 2.24) is 5.32 Å². The van der Waals surface area contributed by atoms with Crippen LogP contribution in [0.25, 0.3) is 0 Å². The molecule has 0 fully saturated rings. The van der Waals surface area contributed by atoms with Crippen molar-refractivity contribution >= 4 is 0 Å². The van der Waals surface area contributed by atoms with Gasteiger partial charge in [0.1, 0.15) is 0 Å². The van der Waals surface area contributed by atoms with E-state index in [1.807, 2.05) is 0 Å². The lowest BCUT2D eigenvalue weighted by Gasteiger charge is -2.11. The third-order valence-electron chi connectivity index (χ3n) is 6.06. The van der Waals surface area contributed by atoms with Crippen molar-refractivity contribution < 1.29 is 0 Å². The van der Waals surface area contributed by atoms with Gasteiger partial charge in [-0.15, -0.1) is 0 Å². The third-order valence-corrected chi connectivity index (χ3v) is 6.06. The Morgan fingerprint density at radius 3 is 1.30 bits per heavy atom. The average Bonchev–Trinajstić information content (AvgIpc) is 2.67. The summed E-state index contributed by atoms with van der Waals surface area (Å²) in [7, 11) is 0. The zero-order chi connectivity index (χ0) is 19.8. The first-order chi connectivity index (χ1) is 13.3. The Morgan fingerprint density at radius 1 is 0.444 bits per heavy atom. The fraction of sp³-hybridized carbons (Fsp3) is 1.00. The van der Waals surface area contributed by atoms with Crippen LogP contribution in [0.2, 0.25) is 0 Å². The van der Waals surface area contributed by atoms with Crippen LogP contribution in [-0.2, 0) is 0 Å². The van der Waals surface area contributed by atoms with Gasteiger partial charge in [-0.1, -0.05) is 136 Å². The highest BCUT2D eigenvalue weighted by Gasteiger charge is 2.02. The number of nitrogens with one attached hydrogen (secondary N) is 1. The molecule has 1 atom stereocenters. The second kappa shape index (κ2) is 24.0. The SMILES string of the molecule is CCCCCCCCCCCCC(C)CCCCCCCCNCCCC. The molecule has 0 aromatic rings. The summed E-state index contributed by atoms with van der Waals surface area (Å²) in [5.41, 5.74) is 0. The molecule has 0 aliphatic rings. The van der Waals surface area contributed by atoms with E-state index in [0.29, 0.717) is 0 Å². The molecule has 0 aliphatic heterocycles. The highest BCUT2D eigenvalue weighted by molar-refractivity contribution is 4.56. The van der Waals surface area contributed by atoms with E-state index in [9.17, 15) is 0 Å². The van der Waals surface area contributed by atoms with Gasteiger partial charge < -0.3 is 5.32 Å². The molecule has 0 bridgehead atoms. The summed E-state index contributed by atoms with van der Waals surface area (Å²) in [5, 5.41) is 3.55. The van der Waals surface area contributed by atoms with Crippen LogP contribution in [0.3, 0.4) is 0 Å². The predicted octanol–water partition coefficient (Wildman–Crippen LogP) is 9.05. The Hall–Kier alpha value is -0.0400. The predicted molar refractivity (Wildman–Crippen MR) is 126 cm³/mol. The van der Waals surface area contributed by atoms with Crippen LogP contribution >= 0.6 is 0 Å². The van der Waals surface area contributed by atoms with Crippen LogP contribution in [0.4, 0.5) is 0 Å². The molecular formula is C26H55N. The molecule has 0 heterocycles. The van der Waals surface area contributed by atoms with E-state index in [0.717, 1.165) is 5.92 Å². The van der Waals surface area contributed by atoms with E-state index in [-0.39, 0.29) is 0 Å². The zero-order valence-corrected chi connectivity index (χ0v) is 19.6. The Morgan fingerprint density at radius 2 is 0.815 bits per heavy atom. The van der Waals surface area contributed by atoms with Gasteiger partial charge in [0.05, 0.1) is 0 Å². The van der Waals surface area contributed by atoms with E-state index in [4.69, 9.17) is 0 Å². The van der Waals surface area contributed by atoms with Gasteiger partial charge in [-0.05, 0) is 31.8 Å². The normalized spacial score (nSPS) is 12.6. The number of hydrogen-bond acceptors (Lipinski definition) is 1. The van der Waals surface area contributed by atoms with Gasteiger partial charge in [0.15, 0.2) is 0 Å². The van der Waals surface area contributed by atoms with E-state index < -0.39 is 0 Å². The summed E-state index contributed by atoms with van der Waals surface area (Å²) in [6.45, 7) is 9.50. The molecule has 0 rings (SSSR count). The maximum absolute atomic E-state index is 3.55. The van der Waals surface area contributed by atoms with Crippen LogP contribution in [0, 0.1) is 5.92 Å². The van der Waals surface area contributed by atoms with Crippen molar-refractivity contribution in [3.8, 4) is 0 Å². The summed E-state index contributed by atoms with van der Waals surface area (Å²) in [5.74, 6) is 0.960. The van der Waals surface area contributed by atoms with Gasteiger partial charge in [-0.3, -0.25) is 0 Å². The second-order valence-electron chi connectivity index (χ2n) is 9.09. The van der Waals surface area contributed by atoms with Crippen molar-refractivity contribution in [2.24, 2.45) is 5.92 Å². The quantitative estimate of drug-likeness (QED) is 0.174. The number of hydrogen-bond donors (Lipinski definition) is 1. The van der Waals surface area contributed by atoms with Gasteiger partial charge in [-0.25, -0.2) is 0 Å². The standard InChI is InChI=1S/C26H55N/c1-4-6-8-9-10-11-12-13-16-19-22-26(3)23-20-17-14-15-18-21-25-27-24-7-5-2/h26-27H,4-25H2,1-3H3. The Bertz CT molecular complexity index is 251. The summed E-state index contributed by atoms with van der Waals surface area (Å²) in [6.07, 6.45) is 28.8. The molecule has 0 radical (unpaired) electrons. The fourth-order valence-electron chi connectivity index (χ4n) is 4.00. The molecule has 0 aromatic carbocycles. The fourth-order valence-corrected chi connectivity index (χ4v) is 4.00. The minimum Gasteiger partial charge on any atom is -0.317 e. The minimum absolute atomic E-state index is 0.960. The van der Waals surface area contributed by atoms with Gasteiger partial charge >= 0.3 is 0 Å². The maximum Gasteiger partial charge on any atom is -0.00489 e. The largest absolute Gasteiger partial charge is 0.317 e. The van der Waals surface area contributed by atoms with E-state index in [1.165, 1.54) is 142 Å². The van der Waals surface area contributed by atoms with Crippen LogP contribution in [0.15, 0.2) is 0 Å². The van der Waals surface area contributed by atoms with Gasteiger partial charge in [0.2, 0.25) is 0 Å². The topological polar surface area (TPSA) is 12.0 Å². The molecule has 27 heavy (non-hydrogen) atoms. The van der Waals surface area contributed by atoms with Crippen molar-refractivity contribution in [1.29, 1.82) is 0 Å². The molecule has 1 unspecified atom stereocenters. The van der Waals surface area contributed by atoms with Crippen molar-refractivity contribution in [2.75, 3.05) is 13.1 Å². The summed E-state index contributed by atoms with van der Waals surface area (Å²) in [4.78, 5) is 0. The summed E-state index contributed by atoms with van der Waals surface area (Å²) >= 11 is 0. The van der Waals surface area contributed by atoms with Crippen LogP contribution in [-0.4, -0.2) is 13.1 Å². The van der Waals surface area contributed by atoms with Crippen molar-refractivity contribution in [3.63, 3.8) is 0 Å². The van der Waals surface area contributed by atoms with Crippen molar-refractivity contribution in [2.45, 2.75) is 149 Å². The number of unbranched alkanes of at least 4 members (excludes halogenated alkanes) is 15. The van der Waals surface area contributed by atoms with Crippen molar-refractivity contribution in [3.05, 3.63) is 0 Å². The zero-order valence-electron chi connectivity index (χ0n) is 19.6. The Kier molecular flexibility index (Phi) is 24.0. The first-order valence-electron chi connectivity index (χ1n) is 13.0. The van der Waals surface area contributed by atoms with E-state index in [1.54, 1.807) is 0 Å². The molecule has 0 saturated heterocycles. The Balaban J connectivity index is 3.12. The molecule has 0 aromatic heterocycles. The van der Waals surface area contributed by atoms with Gasteiger partial charge in [0.25, 0.3) is 0 Å². The smallest absolute Gasteiger partial charge is 0.00489 e. The first-order valence-corrected chi connectivity index (χ1v) is 13.0. The monoisotopic (exact) mass is 381 g/mol. The first kappa shape index (κ1) is 27.0. The molecule has 1 nitrogen and oxygen atoms in total. The minimum atomic E-state index is 0.960. The van der Waals surface area contributed by atoms with Gasteiger partial charge in [0, 0.05) is 0 Å². The molecule has 0 saturated carbocycles.